The lowest BCUT2D eigenvalue weighted by Crippen LogP contribution is -2.00. The van der Waals surface area contributed by atoms with Gasteiger partial charge in [-0.1, -0.05) is 17.3 Å². The number of rotatable bonds is 11. The highest BCUT2D eigenvalue weighted by atomic mass is 16.6. The fourth-order valence-electron chi connectivity index (χ4n) is 5.15. The third-order valence-electron chi connectivity index (χ3n) is 7.51. The molecule has 0 amide bonds. The number of pyridine rings is 1. The van der Waals surface area contributed by atoms with E-state index in [4.69, 9.17) is 33.7 Å². The average molecular weight is 661 g/mol. The van der Waals surface area contributed by atoms with E-state index in [1.165, 1.54) is 27.4 Å². The molecule has 0 aliphatic heterocycles. The molecule has 4 aromatic carbocycles. The molecule has 15 heteroatoms. The van der Waals surface area contributed by atoms with Crippen molar-refractivity contribution in [3.05, 3.63) is 110 Å². The van der Waals surface area contributed by atoms with Gasteiger partial charge in [-0.05, 0) is 60.2 Å². The molecule has 0 aliphatic rings. The monoisotopic (exact) mass is 660 g/mol. The first kappa shape index (κ1) is 31.9. The Hall–Kier alpha value is -7.08. The molecule has 2 aromatic heterocycles. The number of nitro groups is 2. The molecule has 2 heterocycles. The number of nitrogens with zero attached hydrogens (tertiary/aromatic N) is 6. The van der Waals surface area contributed by atoms with E-state index in [9.17, 15) is 20.2 Å². The van der Waals surface area contributed by atoms with E-state index in [2.05, 4.69) is 16.2 Å². The molecule has 0 bridgehead atoms. The summed E-state index contributed by atoms with van der Waals surface area (Å²) in [7, 11) is 4.39. The molecular weight excluding hydrogens is 636 g/mol. The third-order valence-corrected chi connectivity index (χ3v) is 7.51. The lowest BCUT2D eigenvalue weighted by Gasteiger charge is -2.16. The quantitative estimate of drug-likeness (QED) is 0.103. The summed E-state index contributed by atoms with van der Waals surface area (Å²) >= 11 is 0. The molecule has 244 valence electrons. The first-order chi connectivity index (χ1) is 23.7. The van der Waals surface area contributed by atoms with Gasteiger partial charge in [-0.3, -0.25) is 20.2 Å². The summed E-state index contributed by atoms with van der Waals surface area (Å²) in [6, 6.07) is 22.7. The van der Waals surface area contributed by atoms with Crippen molar-refractivity contribution in [2.45, 2.75) is 6.61 Å². The van der Waals surface area contributed by atoms with Gasteiger partial charge in [-0.25, -0.2) is 4.98 Å². The van der Waals surface area contributed by atoms with E-state index < -0.39 is 21.2 Å². The normalized spacial score (nSPS) is 10.7. The van der Waals surface area contributed by atoms with Crippen molar-refractivity contribution in [3.63, 3.8) is 0 Å². The molecule has 0 N–H and O–H groups in total. The van der Waals surface area contributed by atoms with Gasteiger partial charge in [0.1, 0.15) is 5.75 Å². The molecule has 0 unspecified atom stereocenters. The van der Waals surface area contributed by atoms with Crippen LogP contribution in [0.4, 0.5) is 11.4 Å². The standard InChI is InChI=1S/C34H24N6O9/c1-45-29-12-22(13-30(46-2)33(29)47-3)32-25(16-26-27(36-32)14-23(39(41)42)15-28(26)40(43)44)20-8-10-24(11-9-20)48-18-31-37-34(49-38-31)21-6-4-19(17-35)5-7-21/h4-16H,18H2,1-3H3. The smallest absolute Gasteiger partial charge is 0.285 e. The van der Waals surface area contributed by atoms with Crippen LogP contribution < -0.4 is 18.9 Å². The molecule has 0 saturated carbocycles. The van der Waals surface area contributed by atoms with E-state index in [1.807, 2.05) is 0 Å². The van der Waals surface area contributed by atoms with Gasteiger partial charge >= 0.3 is 0 Å². The van der Waals surface area contributed by atoms with E-state index in [-0.39, 0.29) is 23.4 Å². The highest BCUT2D eigenvalue weighted by Gasteiger charge is 2.24. The number of hydrogen-bond donors (Lipinski definition) is 0. The average Bonchev–Trinajstić information content (AvgIpc) is 3.61. The van der Waals surface area contributed by atoms with Crippen molar-refractivity contribution in [1.29, 1.82) is 5.26 Å². The largest absolute Gasteiger partial charge is 0.493 e. The second kappa shape index (κ2) is 13.3. The predicted molar refractivity (Wildman–Crippen MR) is 174 cm³/mol. The summed E-state index contributed by atoms with van der Waals surface area (Å²) in [6.07, 6.45) is 0. The summed E-state index contributed by atoms with van der Waals surface area (Å²) in [4.78, 5) is 31.4. The van der Waals surface area contributed by atoms with E-state index in [0.717, 1.165) is 6.07 Å². The summed E-state index contributed by atoms with van der Waals surface area (Å²) < 4.78 is 27.7. The first-order valence-electron chi connectivity index (χ1n) is 14.4. The molecule has 6 rings (SSSR count). The Morgan fingerprint density at radius 3 is 2.06 bits per heavy atom. The number of non-ortho nitro benzene ring substituents is 2. The maximum atomic E-state index is 12.0. The van der Waals surface area contributed by atoms with E-state index >= 15 is 0 Å². The number of fused-ring (bicyclic) bond motifs is 1. The van der Waals surface area contributed by atoms with Crippen LogP contribution in [-0.2, 0) is 6.61 Å². The molecule has 49 heavy (non-hydrogen) atoms. The van der Waals surface area contributed by atoms with Crippen LogP contribution in [0.15, 0.2) is 83.4 Å². The van der Waals surface area contributed by atoms with E-state index in [1.54, 1.807) is 66.7 Å². The van der Waals surface area contributed by atoms with Crippen LogP contribution in [0.2, 0.25) is 0 Å². The van der Waals surface area contributed by atoms with Crippen molar-refractivity contribution in [3.8, 4) is 62.9 Å². The second-order valence-corrected chi connectivity index (χ2v) is 10.4. The molecule has 0 aliphatic carbocycles. The fraction of sp³-hybridized carbons (Fsp3) is 0.118. The zero-order valence-electron chi connectivity index (χ0n) is 26.1. The van der Waals surface area contributed by atoms with Gasteiger partial charge in [0.2, 0.25) is 11.6 Å². The minimum absolute atomic E-state index is 0.00167. The lowest BCUT2D eigenvalue weighted by atomic mass is 9.96. The molecule has 0 saturated heterocycles. The highest BCUT2D eigenvalue weighted by molar-refractivity contribution is 5.98. The van der Waals surface area contributed by atoms with Crippen LogP contribution >= 0.6 is 0 Å². The van der Waals surface area contributed by atoms with Gasteiger partial charge in [0.05, 0.1) is 65.5 Å². The van der Waals surface area contributed by atoms with Crippen LogP contribution in [0.5, 0.6) is 23.0 Å². The summed E-state index contributed by atoms with van der Waals surface area (Å²) in [5.74, 6) is 2.06. The maximum Gasteiger partial charge on any atom is 0.285 e. The Morgan fingerprint density at radius 2 is 1.47 bits per heavy atom. The molecular formula is C34H24N6O9. The van der Waals surface area contributed by atoms with Crippen LogP contribution in [0.1, 0.15) is 11.4 Å². The number of hydrogen-bond acceptors (Lipinski definition) is 13. The topological polar surface area (TPSA) is 199 Å². The number of methoxy groups -OCH3 is 3. The van der Waals surface area contributed by atoms with Crippen molar-refractivity contribution < 1.29 is 33.3 Å². The molecule has 0 atom stereocenters. The Bertz CT molecular complexity index is 2240. The Balaban J connectivity index is 1.39. The van der Waals surface area contributed by atoms with Crippen molar-refractivity contribution in [2.75, 3.05) is 21.3 Å². The van der Waals surface area contributed by atoms with Crippen LogP contribution in [-0.4, -0.2) is 46.3 Å². The van der Waals surface area contributed by atoms with Gasteiger partial charge in [0.15, 0.2) is 18.1 Å². The van der Waals surface area contributed by atoms with Crippen molar-refractivity contribution in [2.24, 2.45) is 0 Å². The molecule has 6 aromatic rings. The van der Waals surface area contributed by atoms with Crippen LogP contribution in [0.25, 0.3) is 44.7 Å². The second-order valence-electron chi connectivity index (χ2n) is 10.4. The molecule has 0 spiro atoms. The van der Waals surface area contributed by atoms with E-state index in [0.29, 0.717) is 62.3 Å². The zero-order valence-corrected chi connectivity index (χ0v) is 26.1. The fourth-order valence-corrected chi connectivity index (χ4v) is 5.15. The highest BCUT2D eigenvalue weighted by Crippen LogP contribution is 2.44. The van der Waals surface area contributed by atoms with Crippen molar-refractivity contribution in [1.82, 2.24) is 15.1 Å². The Kier molecular flexibility index (Phi) is 8.68. The number of aromatic nitrogens is 3. The molecule has 15 nitrogen and oxygen atoms in total. The predicted octanol–water partition coefficient (Wildman–Crippen LogP) is 6.91. The Morgan fingerprint density at radius 1 is 0.796 bits per heavy atom. The lowest BCUT2D eigenvalue weighted by molar-refractivity contribution is -0.393. The van der Waals surface area contributed by atoms with Gasteiger partial charge < -0.3 is 23.5 Å². The molecule has 0 radical (unpaired) electrons. The SMILES string of the molecule is COc1cc(-c2nc3cc([N+](=O)[O-])cc([N+](=O)[O-])c3cc2-c2ccc(OCc3noc(-c4ccc(C#N)cc4)n3)cc2)cc(OC)c1OC. The minimum atomic E-state index is -0.706. The van der Waals surface area contributed by atoms with Gasteiger partial charge in [0, 0.05) is 22.8 Å². The zero-order chi connectivity index (χ0) is 34.7. The number of benzene rings is 4. The van der Waals surface area contributed by atoms with Crippen LogP contribution in [0, 0.1) is 31.6 Å². The summed E-state index contributed by atoms with van der Waals surface area (Å²) in [6.45, 7) is -0.00167. The Labute approximate surface area is 277 Å². The maximum absolute atomic E-state index is 12.0. The third kappa shape index (κ3) is 6.33. The van der Waals surface area contributed by atoms with Gasteiger partial charge in [-0.2, -0.15) is 10.2 Å². The first-order valence-corrected chi connectivity index (χ1v) is 14.4. The van der Waals surface area contributed by atoms with Crippen LogP contribution in [0.3, 0.4) is 0 Å². The van der Waals surface area contributed by atoms with Gasteiger partial charge in [0.25, 0.3) is 17.3 Å². The number of nitro benzene ring substituents is 2. The number of ether oxygens (including phenoxy) is 4. The van der Waals surface area contributed by atoms with Crippen molar-refractivity contribution >= 4 is 22.3 Å². The minimum Gasteiger partial charge on any atom is -0.493 e. The summed E-state index contributed by atoms with van der Waals surface area (Å²) in [5, 5.41) is 36.7. The summed E-state index contributed by atoms with van der Waals surface area (Å²) in [5.41, 5.74) is 2.21. The number of nitriles is 1. The van der Waals surface area contributed by atoms with Gasteiger partial charge in [-0.15, -0.1) is 0 Å². The molecule has 0 fully saturated rings.